The Labute approximate surface area is 155 Å². The van der Waals surface area contributed by atoms with Crippen LogP contribution in [0.15, 0.2) is 42.5 Å². The van der Waals surface area contributed by atoms with Crippen molar-refractivity contribution in [2.24, 2.45) is 0 Å². The number of esters is 1. The minimum Gasteiger partial charge on any atom is -0.482 e. The first-order valence-electron chi connectivity index (χ1n) is 8.08. The quantitative estimate of drug-likeness (QED) is 0.779. The number of hydrogen-bond donors (Lipinski definition) is 1. The number of hydrogen-bond acceptors (Lipinski definition) is 7. The van der Waals surface area contributed by atoms with Crippen LogP contribution in [0.1, 0.15) is 12.5 Å². The van der Waals surface area contributed by atoms with Gasteiger partial charge in [0.15, 0.2) is 24.2 Å². The summed E-state index contributed by atoms with van der Waals surface area (Å²) in [6.45, 7) is 1.25. The highest BCUT2D eigenvalue weighted by molar-refractivity contribution is 5.95. The van der Waals surface area contributed by atoms with Crippen molar-refractivity contribution >= 4 is 17.6 Å². The Balaban J connectivity index is 1.47. The summed E-state index contributed by atoms with van der Waals surface area (Å²) in [5.74, 6) is 0.386. The van der Waals surface area contributed by atoms with Gasteiger partial charge in [0.05, 0.1) is 11.6 Å². The van der Waals surface area contributed by atoms with Crippen molar-refractivity contribution in [3.8, 4) is 23.3 Å². The monoisotopic (exact) mass is 368 g/mol. The Bertz CT molecular complexity index is 888. The number of ether oxygens (including phenoxy) is 4. The predicted molar refractivity (Wildman–Crippen MR) is 93.4 cm³/mol. The summed E-state index contributed by atoms with van der Waals surface area (Å²) in [5, 5.41) is 11.4. The minimum atomic E-state index is -1.01. The average Bonchev–Trinajstić information content (AvgIpc) is 3.14. The average molecular weight is 368 g/mol. The molecular formula is C19H16N2O6. The molecule has 0 saturated heterocycles. The molecule has 0 saturated carbocycles. The van der Waals surface area contributed by atoms with Crippen molar-refractivity contribution in [1.82, 2.24) is 0 Å². The lowest BCUT2D eigenvalue weighted by Crippen LogP contribution is -2.31. The van der Waals surface area contributed by atoms with Gasteiger partial charge in [0.25, 0.3) is 5.91 Å². The van der Waals surface area contributed by atoms with Gasteiger partial charge in [-0.25, -0.2) is 4.79 Å². The zero-order chi connectivity index (χ0) is 19.2. The van der Waals surface area contributed by atoms with E-state index in [1.54, 1.807) is 42.5 Å². The summed E-state index contributed by atoms with van der Waals surface area (Å²) in [6.07, 6.45) is -1.01. The molecule has 0 aliphatic carbocycles. The van der Waals surface area contributed by atoms with Crippen molar-refractivity contribution in [2.75, 3.05) is 18.7 Å². The van der Waals surface area contributed by atoms with Crippen LogP contribution >= 0.6 is 0 Å². The second-order valence-corrected chi connectivity index (χ2v) is 5.61. The second kappa shape index (κ2) is 8.10. The lowest BCUT2D eigenvalue weighted by molar-refractivity contribution is -0.155. The number of rotatable bonds is 6. The number of anilines is 1. The highest BCUT2D eigenvalue weighted by Crippen LogP contribution is 2.34. The fourth-order valence-corrected chi connectivity index (χ4v) is 2.27. The first-order chi connectivity index (χ1) is 13.0. The summed E-state index contributed by atoms with van der Waals surface area (Å²) in [7, 11) is 0. The van der Waals surface area contributed by atoms with Gasteiger partial charge in [0, 0.05) is 11.8 Å². The zero-order valence-electron chi connectivity index (χ0n) is 14.4. The molecule has 0 aromatic heterocycles. The van der Waals surface area contributed by atoms with E-state index in [4.69, 9.17) is 24.2 Å². The van der Waals surface area contributed by atoms with Crippen molar-refractivity contribution in [2.45, 2.75) is 13.0 Å². The summed E-state index contributed by atoms with van der Waals surface area (Å²) in [6, 6.07) is 13.2. The molecule has 138 valence electrons. The van der Waals surface area contributed by atoms with Crippen LogP contribution in [0.5, 0.6) is 17.2 Å². The van der Waals surface area contributed by atoms with Crippen LogP contribution < -0.4 is 19.5 Å². The highest BCUT2D eigenvalue weighted by atomic mass is 16.7. The molecule has 0 spiro atoms. The molecule has 8 nitrogen and oxygen atoms in total. The molecule has 27 heavy (non-hydrogen) atoms. The van der Waals surface area contributed by atoms with Gasteiger partial charge in [-0.1, -0.05) is 0 Å². The van der Waals surface area contributed by atoms with E-state index in [-0.39, 0.29) is 13.4 Å². The van der Waals surface area contributed by atoms with Crippen LogP contribution in [0.3, 0.4) is 0 Å². The van der Waals surface area contributed by atoms with Gasteiger partial charge in [-0.15, -0.1) is 0 Å². The summed E-state index contributed by atoms with van der Waals surface area (Å²) < 4.78 is 20.8. The Kier molecular flexibility index (Phi) is 5.42. The molecule has 1 aliphatic rings. The number of carbonyl (C=O) groups excluding carboxylic acids is 2. The third-order valence-electron chi connectivity index (χ3n) is 3.66. The molecule has 2 aromatic carbocycles. The van der Waals surface area contributed by atoms with E-state index in [2.05, 4.69) is 5.32 Å². The van der Waals surface area contributed by atoms with Gasteiger partial charge < -0.3 is 24.3 Å². The number of benzene rings is 2. The van der Waals surface area contributed by atoms with Gasteiger partial charge in [0.2, 0.25) is 6.79 Å². The van der Waals surface area contributed by atoms with Crippen LogP contribution in [-0.2, 0) is 14.3 Å². The van der Waals surface area contributed by atoms with Gasteiger partial charge in [-0.05, 0) is 43.3 Å². The highest BCUT2D eigenvalue weighted by Gasteiger charge is 2.20. The fourth-order valence-electron chi connectivity index (χ4n) is 2.27. The van der Waals surface area contributed by atoms with Crippen LogP contribution in [0.25, 0.3) is 0 Å². The Hall–Kier alpha value is -3.73. The lowest BCUT2D eigenvalue weighted by atomic mass is 10.2. The van der Waals surface area contributed by atoms with Crippen molar-refractivity contribution in [3.63, 3.8) is 0 Å². The van der Waals surface area contributed by atoms with Crippen LogP contribution in [0.2, 0.25) is 0 Å². The number of nitrogens with zero attached hydrogens (tertiary/aromatic N) is 1. The molecule has 3 rings (SSSR count). The smallest absolute Gasteiger partial charge is 0.344 e. The van der Waals surface area contributed by atoms with Gasteiger partial charge >= 0.3 is 5.97 Å². The number of nitriles is 1. The van der Waals surface area contributed by atoms with Crippen LogP contribution in [0.4, 0.5) is 5.69 Å². The van der Waals surface area contributed by atoms with Crippen molar-refractivity contribution in [1.29, 1.82) is 5.26 Å². The largest absolute Gasteiger partial charge is 0.482 e. The molecule has 0 bridgehead atoms. The normalized spacial score (nSPS) is 12.6. The SMILES string of the molecule is C[C@H](OC(=O)COc1ccc(C#N)cc1)C(=O)Nc1ccc2c(c1)OCO2. The van der Waals surface area contributed by atoms with E-state index in [0.29, 0.717) is 28.5 Å². The third kappa shape index (κ3) is 4.67. The van der Waals surface area contributed by atoms with E-state index in [0.717, 1.165) is 0 Å². The van der Waals surface area contributed by atoms with E-state index < -0.39 is 18.0 Å². The maximum absolute atomic E-state index is 12.2. The Morgan fingerprint density at radius 2 is 1.93 bits per heavy atom. The molecule has 8 heteroatoms. The maximum atomic E-state index is 12.2. The van der Waals surface area contributed by atoms with E-state index >= 15 is 0 Å². The first kappa shape index (κ1) is 18.1. The van der Waals surface area contributed by atoms with Gasteiger partial charge in [-0.2, -0.15) is 5.26 Å². The second-order valence-electron chi connectivity index (χ2n) is 5.61. The molecule has 1 atom stereocenters. The van der Waals surface area contributed by atoms with Crippen LogP contribution in [0, 0.1) is 11.3 Å². The van der Waals surface area contributed by atoms with Gasteiger partial charge in [0.1, 0.15) is 5.75 Å². The molecule has 0 fully saturated rings. The molecule has 1 aliphatic heterocycles. The molecule has 1 heterocycles. The summed E-state index contributed by atoms with van der Waals surface area (Å²) >= 11 is 0. The van der Waals surface area contributed by atoms with Crippen molar-refractivity contribution in [3.05, 3.63) is 48.0 Å². The Morgan fingerprint density at radius 1 is 1.19 bits per heavy atom. The minimum absolute atomic E-state index is 0.139. The van der Waals surface area contributed by atoms with E-state index in [1.807, 2.05) is 6.07 Å². The van der Waals surface area contributed by atoms with Crippen LogP contribution in [-0.4, -0.2) is 31.4 Å². The van der Waals surface area contributed by atoms with Crippen molar-refractivity contribution < 1.29 is 28.5 Å². The molecule has 2 aromatic rings. The molecule has 0 unspecified atom stereocenters. The van der Waals surface area contributed by atoms with E-state index in [9.17, 15) is 9.59 Å². The number of amides is 1. The fraction of sp³-hybridized carbons (Fsp3) is 0.211. The summed E-state index contributed by atoms with van der Waals surface area (Å²) in [5.41, 5.74) is 0.986. The predicted octanol–water partition coefficient (Wildman–Crippen LogP) is 2.24. The molecular weight excluding hydrogens is 352 g/mol. The van der Waals surface area contributed by atoms with E-state index in [1.165, 1.54) is 6.92 Å². The molecule has 1 amide bonds. The standard InChI is InChI=1S/C19H16N2O6/c1-12(19(23)21-14-4-7-16-17(8-14)26-11-25-16)27-18(22)10-24-15-5-2-13(9-20)3-6-15/h2-8,12H,10-11H2,1H3,(H,21,23)/t12-/m0/s1. The zero-order valence-corrected chi connectivity index (χ0v) is 14.4. The Morgan fingerprint density at radius 3 is 2.67 bits per heavy atom. The summed E-state index contributed by atoms with van der Waals surface area (Å²) in [4.78, 5) is 24.0. The lowest BCUT2D eigenvalue weighted by Gasteiger charge is -2.14. The first-order valence-corrected chi connectivity index (χ1v) is 8.08. The molecule has 0 radical (unpaired) electrons. The number of fused-ring (bicyclic) bond motifs is 1. The third-order valence-corrected chi connectivity index (χ3v) is 3.66. The number of carbonyl (C=O) groups is 2. The molecule has 1 N–H and O–H groups in total. The number of nitrogens with one attached hydrogen (secondary N) is 1. The maximum Gasteiger partial charge on any atom is 0.344 e. The topological polar surface area (TPSA) is 107 Å². The van der Waals surface area contributed by atoms with Gasteiger partial charge in [-0.3, -0.25) is 4.79 Å².